The van der Waals surface area contributed by atoms with E-state index in [1.807, 2.05) is 0 Å². The van der Waals surface area contributed by atoms with Crippen molar-refractivity contribution < 1.29 is 40.6 Å². The molecule has 3 atom stereocenters. The number of hydrogen-bond acceptors (Lipinski definition) is 3. The van der Waals surface area contributed by atoms with Gasteiger partial charge in [-0.15, -0.1) is 0 Å². The number of aliphatic hydroxyl groups excluding tert-OH is 1. The van der Waals surface area contributed by atoms with Crippen molar-refractivity contribution in [1.29, 1.82) is 0 Å². The molecule has 2 aliphatic carbocycles. The summed E-state index contributed by atoms with van der Waals surface area (Å²) in [5, 5.41) is 12.9. The van der Waals surface area contributed by atoms with Gasteiger partial charge in [-0.25, -0.2) is 8.78 Å². The van der Waals surface area contributed by atoms with Crippen LogP contribution in [0.25, 0.3) is 0 Å². The number of alkyl halides is 7. The first kappa shape index (κ1) is 17.5. The summed E-state index contributed by atoms with van der Waals surface area (Å²) in [6, 6.07) is -0.764. The summed E-state index contributed by atoms with van der Waals surface area (Å²) in [4.78, 5) is 0. The molecule has 11 heteroatoms. The highest BCUT2D eigenvalue weighted by Crippen LogP contribution is 2.49. The minimum absolute atomic E-state index is 0.0581. The van der Waals surface area contributed by atoms with Crippen molar-refractivity contribution in [2.45, 2.75) is 62.6 Å². The molecule has 1 unspecified atom stereocenters. The van der Waals surface area contributed by atoms with Gasteiger partial charge in [-0.2, -0.15) is 27.1 Å². The third-order valence-corrected chi connectivity index (χ3v) is 4.39. The Morgan fingerprint density at radius 2 is 1.92 bits per heavy atom. The standard InChI is InChI=1S/C13H13F7N2O2/c14-11(15)24-6-2-1-5(3-6)22-7-4-12(16,17)10(23)8(7)9(21-22)13(18,19)20/h5-6,10-11,23H,1-4H2/t5?,6-,10+/m1/s1. The van der Waals surface area contributed by atoms with E-state index >= 15 is 0 Å². The number of aliphatic hydroxyl groups is 1. The predicted octanol–water partition coefficient (Wildman–Crippen LogP) is 3.46. The minimum Gasteiger partial charge on any atom is -0.382 e. The van der Waals surface area contributed by atoms with Gasteiger partial charge in [0.2, 0.25) is 0 Å². The zero-order valence-corrected chi connectivity index (χ0v) is 12.0. The van der Waals surface area contributed by atoms with Gasteiger partial charge >= 0.3 is 12.8 Å². The molecule has 1 aromatic heterocycles. The molecule has 1 fully saturated rings. The first-order valence-corrected chi connectivity index (χ1v) is 7.18. The molecule has 4 nitrogen and oxygen atoms in total. The van der Waals surface area contributed by atoms with E-state index in [2.05, 4.69) is 9.84 Å². The molecule has 3 rings (SSSR count). The van der Waals surface area contributed by atoms with Crippen molar-refractivity contribution in [3.8, 4) is 0 Å². The summed E-state index contributed by atoms with van der Waals surface area (Å²) in [6.45, 7) is -3.02. The highest BCUT2D eigenvalue weighted by molar-refractivity contribution is 5.38. The highest BCUT2D eigenvalue weighted by Gasteiger charge is 2.55. The third kappa shape index (κ3) is 2.87. The van der Waals surface area contributed by atoms with Crippen molar-refractivity contribution in [2.24, 2.45) is 0 Å². The van der Waals surface area contributed by atoms with E-state index in [4.69, 9.17) is 0 Å². The summed E-state index contributed by atoms with van der Waals surface area (Å²) < 4.78 is 96.1. The molecule has 136 valence electrons. The monoisotopic (exact) mass is 362 g/mol. The van der Waals surface area contributed by atoms with Crippen molar-refractivity contribution >= 4 is 0 Å². The van der Waals surface area contributed by atoms with Gasteiger partial charge in [-0.1, -0.05) is 0 Å². The quantitative estimate of drug-likeness (QED) is 0.838. The lowest BCUT2D eigenvalue weighted by Gasteiger charge is -2.17. The molecular weight excluding hydrogens is 349 g/mol. The van der Waals surface area contributed by atoms with Gasteiger partial charge in [-0.05, 0) is 19.3 Å². The Labute approximate surface area is 131 Å². The van der Waals surface area contributed by atoms with Crippen molar-refractivity contribution in [1.82, 2.24) is 9.78 Å². The van der Waals surface area contributed by atoms with E-state index in [-0.39, 0.29) is 19.3 Å². The van der Waals surface area contributed by atoms with E-state index in [1.165, 1.54) is 0 Å². The second-order valence-corrected chi connectivity index (χ2v) is 5.98. The maximum absolute atomic E-state index is 13.7. The molecule has 0 radical (unpaired) electrons. The predicted molar refractivity (Wildman–Crippen MR) is 64.6 cm³/mol. The molecule has 1 heterocycles. The molecule has 24 heavy (non-hydrogen) atoms. The summed E-state index contributed by atoms with van der Waals surface area (Å²) in [5.74, 6) is -3.73. The van der Waals surface area contributed by atoms with Gasteiger partial charge in [0.1, 0.15) is 6.10 Å². The van der Waals surface area contributed by atoms with Crippen LogP contribution < -0.4 is 0 Å². The number of hydrogen-bond donors (Lipinski definition) is 1. The van der Waals surface area contributed by atoms with Crippen LogP contribution in [0.3, 0.4) is 0 Å². The van der Waals surface area contributed by atoms with Crippen molar-refractivity contribution in [3.63, 3.8) is 0 Å². The fraction of sp³-hybridized carbons (Fsp3) is 0.769. The van der Waals surface area contributed by atoms with Crippen molar-refractivity contribution in [2.75, 3.05) is 0 Å². The average molecular weight is 362 g/mol. The smallest absolute Gasteiger partial charge is 0.382 e. The Kier molecular flexibility index (Phi) is 4.06. The third-order valence-electron chi connectivity index (χ3n) is 4.39. The van der Waals surface area contributed by atoms with Gasteiger partial charge in [0.25, 0.3) is 5.92 Å². The highest BCUT2D eigenvalue weighted by atomic mass is 19.4. The van der Waals surface area contributed by atoms with E-state index in [0.29, 0.717) is 0 Å². The van der Waals surface area contributed by atoms with E-state index < -0.39 is 60.3 Å². The number of rotatable bonds is 3. The lowest BCUT2D eigenvalue weighted by atomic mass is 10.1. The number of halogens is 7. The largest absolute Gasteiger partial charge is 0.435 e. The fourth-order valence-electron chi connectivity index (χ4n) is 3.40. The normalized spacial score (nSPS) is 29.5. The van der Waals surface area contributed by atoms with Crippen LogP contribution in [0.1, 0.15) is 48.4 Å². The molecule has 0 aromatic carbocycles. The van der Waals surface area contributed by atoms with E-state index in [9.17, 15) is 35.8 Å². The molecule has 0 bridgehead atoms. The molecule has 0 saturated heterocycles. The van der Waals surface area contributed by atoms with Crippen LogP contribution in [0.15, 0.2) is 0 Å². The fourth-order valence-corrected chi connectivity index (χ4v) is 3.40. The Bertz CT molecular complexity index is 629. The zero-order chi connectivity index (χ0) is 17.9. The maximum Gasteiger partial charge on any atom is 0.435 e. The Balaban J connectivity index is 1.95. The number of fused-ring (bicyclic) bond motifs is 1. The van der Waals surface area contributed by atoms with Gasteiger partial charge < -0.3 is 9.84 Å². The van der Waals surface area contributed by atoms with Gasteiger partial charge in [0, 0.05) is 5.56 Å². The lowest BCUT2D eigenvalue weighted by molar-refractivity contribution is -0.160. The van der Waals surface area contributed by atoms with Crippen LogP contribution in [-0.2, 0) is 17.3 Å². The second kappa shape index (κ2) is 5.58. The van der Waals surface area contributed by atoms with Crippen LogP contribution in [0, 0.1) is 0 Å². The van der Waals surface area contributed by atoms with Crippen molar-refractivity contribution in [3.05, 3.63) is 17.0 Å². The van der Waals surface area contributed by atoms with E-state index in [1.54, 1.807) is 0 Å². The SMILES string of the molecule is O[C@H]1c2c(C(F)(F)F)nn(C3CC[C@@H](OC(F)F)C3)c2CC1(F)F. The zero-order valence-electron chi connectivity index (χ0n) is 12.0. The summed E-state index contributed by atoms with van der Waals surface area (Å²) in [5.41, 5.74) is -2.88. The number of nitrogens with zero attached hydrogens (tertiary/aromatic N) is 2. The molecule has 2 aliphatic rings. The molecule has 0 aliphatic heterocycles. The molecule has 0 amide bonds. The minimum atomic E-state index is -5.01. The lowest BCUT2D eigenvalue weighted by Crippen LogP contribution is -2.25. The molecule has 1 saturated carbocycles. The summed E-state index contributed by atoms with van der Waals surface area (Å²) in [7, 11) is 0. The maximum atomic E-state index is 13.7. The van der Waals surface area contributed by atoms with Gasteiger partial charge in [-0.3, -0.25) is 4.68 Å². The van der Waals surface area contributed by atoms with Crippen LogP contribution in [0.5, 0.6) is 0 Å². The van der Waals surface area contributed by atoms with E-state index in [0.717, 1.165) is 4.68 Å². The van der Waals surface area contributed by atoms with Crippen LogP contribution in [-0.4, -0.2) is 33.5 Å². The summed E-state index contributed by atoms with van der Waals surface area (Å²) in [6.07, 6.45) is -9.29. The first-order valence-electron chi connectivity index (χ1n) is 7.18. The van der Waals surface area contributed by atoms with Crippen LogP contribution in [0.2, 0.25) is 0 Å². The summed E-state index contributed by atoms with van der Waals surface area (Å²) >= 11 is 0. The molecule has 1 aromatic rings. The Morgan fingerprint density at radius 3 is 2.50 bits per heavy atom. The average Bonchev–Trinajstić information content (AvgIpc) is 3.05. The number of aromatic nitrogens is 2. The van der Waals surface area contributed by atoms with Crippen LogP contribution in [0.4, 0.5) is 30.7 Å². The second-order valence-electron chi connectivity index (χ2n) is 5.98. The molecular formula is C13H13F7N2O2. The van der Waals surface area contributed by atoms with Crippen LogP contribution >= 0.6 is 0 Å². The van der Waals surface area contributed by atoms with Gasteiger partial charge in [0.15, 0.2) is 5.69 Å². The Hall–Kier alpha value is -1.36. The topological polar surface area (TPSA) is 47.3 Å². The molecule has 1 N–H and O–H groups in total. The Morgan fingerprint density at radius 1 is 1.25 bits per heavy atom. The van der Waals surface area contributed by atoms with Gasteiger partial charge in [0.05, 0.1) is 24.3 Å². The first-order chi connectivity index (χ1) is 11.0. The number of ether oxygens (including phenoxy) is 1. The molecule has 0 spiro atoms.